The highest BCUT2D eigenvalue weighted by Crippen LogP contribution is 2.16. The third kappa shape index (κ3) is 3.24. The molecule has 98 valence electrons. The van der Waals surface area contributed by atoms with Crippen molar-refractivity contribution >= 4 is 11.3 Å². The predicted octanol–water partition coefficient (Wildman–Crippen LogP) is 2.56. The summed E-state index contributed by atoms with van der Waals surface area (Å²) >= 11 is 1.22. The van der Waals surface area contributed by atoms with Gasteiger partial charge >= 0.3 is 4.87 Å². The number of nitrogens with zero attached hydrogens (tertiary/aromatic N) is 2. The second-order valence-electron chi connectivity index (χ2n) is 4.10. The molecule has 2 rings (SSSR count). The fourth-order valence-electron chi connectivity index (χ4n) is 1.76. The van der Waals surface area contributed by atoms with Crippen molar-refractivity contribution in [3.05, 3.63) is 50.6 Å². The Morgan fingerprint density at radius 3 is 2.89 bits per heavy atom. The van der Waals surface area contributed by atoms with Crippen LogP contribution in [0.3, 0.4) is 0 Å². The Labute approximate surface area is 115 Å². The first kappa shape index (κ1) is 13.4. The first-order chi connectivity index (χ1) is 9.22. The van der Waals surface area contributed by atoms with Crippen LogP contribution in [0.25, 0.3) is 0 Å². The maximum atomic E-state index is 11.5. The predicted molar refractivity (Wildman–Crippen MR) is 74.6 cm³/mol. The van der Waals surface area contributed by atoms with E-state index in [1.165, 1.54) is 11.3 Å². The summed E-state index contributed by atoms with van der Waals surface area (Å²) in [4.78, 5) is 11.6. The van der Waals surface area contributed by atoms with Crippen LogP contribution in [0.2, 0.25) is 0 Å². The Hall–Kier alpha value is -2.06. The van der Waals surface area contributed by atoms with Gasteiger partial charge in [0.05, 0.1) is 12.2 Å². The van der Waals surface area contributed by atoms with Crippen LogP contribution in [-0.2, 0) is 6.54 Å². The molecular weight excluding hydrogens is 260 g/mol. The highest BCUT2D eigenvalue weighted by Gasteiger charge is 2.04. The number of thiazole rings is 1. The number of benzene rings is 1. The highest BCUT2D eigenvalue weighted by molar-refractivity contribution is 7.07. The lowest BCUT2D eigenvalue weighted by atomic mass is 10.2. The molecular formula is C14H14N2O2S. The molecule has 0 aliphatic rings. The maximum absolute atomic E-state index is 11.5. The average Bonchev–Trinajstić information content (AvgIpc) is 2.75. The van der Waals surface area contributed by atoms with E-state index in [9.17, 15) is 4.79 Å². The van der Waals surface area contributed by atoms with Crippen molar-refractivity contribution in [3.63, 3.8) is 0 Å². The van der Waals surface area contributed by atoms with E-state index in [0.29, 0.717) is 24.5 Å². The molecule has 1 aromatic carbocycles. The number of hydrogen-bond acceptors (Lipinski definition) is 4. The standard InChI is InChI=1S/C14H14N2O2S/c1-11-10-19-14(17)16(11)7-4-8-18-13-6-3-2-5-12(13)9-15/h2-3,5-6,10H,4,7-8H2,1H3. The Kier molecular flexibility index (Phi) is 4.37. The zero-order chi connectivity index (χ0) is 13.7. The van der Waals surface area contributed by atoms with E-state index in [0.717, 1.165) is 12.1 Å². The molecule has 0 N–H and O–H groups in total. The van der Waals surface area contributed by atoms with Crippen LogP contribution >= 0.6 is 11.3 Å². The van der Waals surface area contributed by atoms with Gasteiger partial charge in [-0.2, -0.15) is 5.26 Å². The van der Waals surface area contributed by atoms with E-state index in [1.54, 1.807) is 22.8 Å². The summed E-state index contributed by atoms with van der Waals surface area (Å²) in [7, 11) is 0. The van der Waals surface area contributed by atoms with Crippen LogP contribution in [-0.4, -0.2) is 11.2 Å². The van der Waals surface area contributed by atoms with Gasteiger partial charge in [-0.05, 0) is 25.5 Å². The van der Waals surface area contributed by atoms with Crippen molar-refractivity contribution in [1.82, 2.24) is 4.57 Å². The molecule has 0 radical (unpaired) electrons. The fourth-order valence-corrected chi connectivity index (χ4v) is 2.53. The van der Waals surface area contributed by atoms with E-state index in [-0.39, 0.29) is 4.87 Å². The van der Waals surface area contributed by atoms with E-state index in [4.69, 9.17) is 10.00 Å². The molecule has 0 aliphatic carbocycles. The van der Waals surface area contributed by atoms with Crippen LogP contribution in [0.5, 0.6) is 5.75 Å². The van der Waals surface area contributed by atoms with Crippen LogP contribution in [0.1, 0.15) is 17.7 Å². The molecule has 0 unspecified atom stereocenters. The minimum Gasteiger partial charge on any atom is -0.492 e. The molecule has 0 saturated carbocycles. The quantitative estimate of drug-likeness (QED) is 0.787. The van der Waals surface area contributed by atoms with Gasteiger partial charge in [-0.15, -0.1) is 0 Å². The summed E-state index contributed by atoms with van der Waals surface area (Å²) < 4.78 is 7.31. The molecule has 1 aromatic heterocycles. The van der Waals surface area contributed by atoms with E-state index < -0.39 is 0 Å². The maximum Gasteiger partial charge on any atom is 0.307 e. The van der Waals surface area contributed by atoms with Gasteiger partial charge in [-0.1, -0.05) is 23.5 Å². The smallest absolute Gasteiger partial charge is 0.307 e. The van der Waals surface area contributed by atoms with E-state index in [1.807, 2.05) is 18.4 Å². The number of aryl methyl sites for hydroxylation is 1. The lowest BCUT2D eigenvalue weighted by molar-refractivity contribution is 0.300. The van der Waals surface area contributed by atoms with Gasteiger partial charge in [0.25, 0.3) is 0 Å². The highest BCUT2D eigenvalue weighted by atomic mass is 32.1. The Bertz CT molecular complexity index is 652. The number of aromatic nitrogens is 1. The van der Waals surface area contributed by atoms with Crippen LogP contribution in [0.4, 0.5) is 0 Å². The zero-order valence-electron chi connectivity index (χ0n) is 10.6. The van der Waals surface area contributed by atoms with Crippen molar-refractivity contribution in [2.45, 2.75) is 19.9 Å². The van der Waals surface area contributed by atoms with Gasteiger partial charge in [-0.25, -0.2) is 0 Å². The van der Waals surface area contributed by atoms with Crippen LogP contribution in [0, 0.1) is 18.3 Å². The topological polar surface area (TPSA) is 55.0 Å². The minimum atomic E-state index is 0.0647. The first-order valence-electron chi connectivity index (χ1n) is 5.99. The van der Waals surface area contributed by atoms with Crippen molar-refractivity contribution in [3.8, 4) is 11.8 Å². The Balaban J connectivity index is 1.88. The second kappa shape index (κ2) is 6.21. The van der Waals surface area contributed by atoms with Crippen molar-refractivity contribution in [2.75, 3.05) is 6.61 Å². The summed E-state index contributed by atoms with van der Waals surface area (Å²) in [5.74, 6) is 0.597. The van der Waals surface area contributed by atoms with Crippen molar-refractivity contribution in [1.29, 1.82) is 5.26 Å². The molecule has 0 amide bonds. The second-order valence-corrected chi connectivity index (χ2v) is 4.93. The van der Waals surface area contributed by atoms with Crippen molar-refractivity contribution < 1.29 is 4.74 Å². The molecule has 19 heavy (non-hydrogen) atoms. The number of hydrogen-bond donors (Lipinski definition) is 0. The largest absolute Gasteiger partial charge is 0.492 e. The average molecular weight is 274 g/mol. The summed E-state index contributed by atoms with van der Waals surface area (Å²) in [6.45, 7) is 3.05. The Morgan fingerprint density at radius 1 is 1.42 bits per heavy atom. The van der Waals surface area contributed by atoms with Crippen molar-refractivity contribution in [2.24, 2.45) is 0 Å². The zero-order valence-corrected chi connectivity index (χ0v) is 11.4. The van der Waals surface area contributed by atoms with E-state index >= 15 is 0 Å². The molecule has 0 spiro atoms. The first-order valence-corrected chi connectivity index (χ1v) is 6.87. The van der Waals surface area contributed by atoms with E-state index in [2.05, 4.69) is 6.07 Å². The summed E-state index contributed by atoms with van der Waals surface area (Å²) in [5, 5.41) is 10.8. The lowest BCUT2D eigenvalue weighted by Gasteiger charge is -2.08. The normalized spacial score (nSPS) is 10.1. The Morgan fingerprint density at radius 2 is 2.21 bits per heavy atom. The van der Waals surface area contributed by atoms with Gasteiger partial charge in [0.2, 0.25) is 0 Å². The lowest BCUT2D eigenvalue weighted by Crippen LogP contribution is -2.16. The minimum absolute atomic E-state index is 0.0647. The molecule has 4 nitrogen and oxygen atoms in total. The fraction of sp³-hybridized carbons (Fsp3) is 0.286. The van der Waals surface area contributed by atoms with Gasteiger partial charge in [-0.3, -0.25) is 4.79 Å². The van der Waals surface area contributed by atoms with Gasteiger partial charge in [0.15, 0.2) is 0 Å². The van der Waals surface area contributed by atoms with Gasteiger partial charge in [0, 0.05) is 17.6 Å². The van der Waals surface area contributed by atoms with Gasteiger partial charge < -0.3 is 9.30 Å². The number of nitriles is 1. The molecule has 1 heterocycles. The summed E-state index contributed by atoms with van der Waals surface area (Å²) in [6.07, 6.45) is 0.733. The molecule has 5 heteroatoms. The van der Waals surface area contributed by atoms with Gasteiger partial charge in [0.1, 0.15) is 11.8 Å². The summed E-state index contributed by atoms with van der Waals surface area (Å²) in [6, 6.07) is 9.24. The number of para-hydroxylation sites is 1. The molecule has 0 aliphatic heterocycles. The third-order valence-corrected chi connectivity index (χ3v) is 3.65. The molecule has 2 aromatic rings. The monoisotopic (exact) mass is 274 g/mol. The third-order valence-electron chi connectivity index (χ3n) is 2.77. The van der Waals surface area contributed by atoms with Crippen LogP contribution < -0.4 is 9.61 Å². The SMILES string of the molecule is Cc1csc(=O)n1CCCOc1ccccc1C#N. The molecule has 0 saturated heterocycles. The molecule has 0 bridgehead atoms. The summed E-state index contributed by atoms with van der Waals surface area (Å²) in [5.41, 5.74) is 1.51. The number of ether oxygens (including phenoxy) is 1. The molecule has 0 atom stereocenters. The van der Waals surface area contributed by atoms with Crippen LogP contribution in [0.15, 0.2) is 34.4 Å². The number of rotatable bonds is 5. The molecule has 0 fully saturated rings.